The van der Waals surface area contributed by atoms with Crippen LogP contribution in [-0.4, -0.2) is 32.9 Å². The van der Waals surface area contributed by atoms with Crippen LogP contribution in [0.1, 0.15) is 41.9 Å². The number of nitrogen functional groups attached to an aromatic ring is 1. The zero-order valence-corrected chi connectivity index (χ0v) is 10.8. The number of rotatable bonds is 2. The molecule has 1 amide bonds. The molecule has 0 bridgehead atoms. The summed E-state index contributed by atoms with van der Waals surface area (Å²) in [5.74, 6) is -0.262. The van der Waals surface area contributed by atoms with Gasteiger partial charge in [-0.1, -0.05) is 12.8 Å². The van der Waals surface area contributed by atoms with Crippen LogP contribution in [-0.2, 0) is 7.05 Å². The van der Waals surface area contributed by atoms with Gasteiger partial charge in [-0.15, -0.1) is 0 Å². The molecule has 18 heavy (non-hydrogen) atoms. The molecule has 0 radical (unpaired) electrons. The largest absolute Gasteiger partial charge is 0.395 e. The topological polar surface area (TPSA) is 93.2 Å². The molecule has 1 aliphatic carbocycles. The van der Waals surface area contributed by atoms with Gasteiger partial charge in [0.25, 0.3) is 5.91 Å². The molecule has 0 aliphatic heterocycles. The number of amides is 1. The fourth-order valence-electron chi connectivity index (χ4n) is 2.46. The minimum Gasteiger partial charge on any atom is -0.395 e. The van der Waals surface area contributed by atoms with E-state index in [0.29, 0.717) is 17.1 Å². The summed E-state index contributed by atoms with van der Waals surface area (Å²) in [6.45, 7) is 1.77. The van der Waals surface area contributed by atoms with Crippen LogP contribution < -0.4 is 11.1 Å². The minimum absolute atomic E-state index is 0.180. The molecule has 1 saturated carbocycles. The molecule has 1 heterocycles. The van der Waals surface area contributed by atoms with E-state index in [1.807, 2.05) is 0 Å². The van der Waals surface area contributed by atoms with Crippen LogP contribution in [0.25, 0.3) is 0 Å². The van der Waals surface area contributed by atoms with Crippen molar-refractivity contribution in [2.45, 2.75) is 44.8 Å². The van der Waals surface area contributed by atoms with Crippen LogP contribution in [0.5, 0.6) is 0 Å². The molecule has 0 saturated heterocycles. The maximum atomic E-state index is 12.2. The Kier molecular flexibility index (Phi) is 3.56. The Morgan fingerprint density at radius 1 is 1.50 bits per heavy atom. The SMILES string of the molecule is Cc1nn(C)c(C(=O)N[C@@H]2CCCC[C@H]2O)c1N. The molecule has 0 aromatic carbocycles. The summed E-state index contributed by atoms with van der Waals surface area (Å²) < 4.78 is 1.48. The van der Waals surface area contributed by atoms with Crippen molar-refractivity contribution in [3.63, 3.8) is 0 Å². The standard InChI is InChI=1S/C12H20N4O2/c1-7-10(13)11(16(2)15-7)12(18)14-8-5-3-4-6-9(8)17/h8-9,17H,3-6,13H2,1-2H3,(H,14,18)/t8-,9-/m1/s1. The lowest BCUT2D eigenvalue weighted by Crippen LogP contribution is -2.45. The van der Waals surface area contributed by atoms with E-state index in [1.165, 1.54) is 4.68 Å². The minimum atomic E-state index is -0.460. The Morgan fingerprint density at radius 2 is 2.17 bits per heavy atom. The van der Waals surface area contributed by atoms with E-state index in [9.17, 15) is 9.90 Å². The third kappa shape index (κ3) is 2.33. The van der Waals surface area contributed by atoms with Gasteiger partial charge in [0.15, 0.2) is 0 Å². The number of carbonyl (C=O) groups is 1. The number of hydrogen-bond donors (Lipinski definition) is 3. The molecule has 2 atom stereocenters. The van der Waals surface area contributed by atoms with Crippen LogP contribution >= 0.6 is 0 Å². The number of aromatic nitrogens is 2. The maximum absolute atomic E-state index is 12.2. The molecule has 1 aromatic rings. The van der Waals surface area contributed by atoms with Crippen molar-refractivity contribution in [2.75, 3.05) is 5.73 Å². The Morgan fingerprint density at radius 3 is 2.72 bits per heavy atom. The van der Waals surface area contributed by atoms with Gasteiger partial charge in [-0.25, -0.2) is 0 Å². The Hall–Kier alpha value is -1.56. The van der Waals surface area contributed by atoms with Crippen LogP contribution in [0.3, 0.4) is 0 Å². The molecule has 1 aromatic heterocycles. The molecule has 2 rings (SSSR count). The second kappa shape index (κ2) is 4.97. The van der Waals surface area contributed by atoms with Gasteiger partial charge in [-0.3, -0.25) is 9.48 Å². The predicted molar refractivity (Wildman–Crippen MR) is 68.1 cm³/mol. The quantitative estimate of drug-likeness (QED) is 0.707. The lowest BCUT2D eigenvalue weighted by atomic mass is 9.92. The number of hydrogen-bond acceptors (Lipinski definition) is 4. The molecular formula is C12H20N4O2. The summed E-state index contributed by atoms with van der Waals surface area (Å²) in [7, 11) is 1.69. The number of nitrogens with two attached hydrogens (primary N) is 1. The van der Waals surface area contributed by atoms with Gasteiger partial charge in [0.1, 0.15) is 5.69 Å². The van der Waals surface area contributed by atoms with Gasteiger partial charge in [-0.2, -0.15) is 5.10 Å². The van der Waals surface area contributed by atoms with Crippen molar-refractivity contribution in [3.8, 4) is 0 Å². The van der Waals surface area contributed by atoms with E-state index >= 15 is 0 Å². The molecular weight excluding hydrogens is 232 g/mol. The van der Waals surface area contributed by atoms with E-state index in [0.717, 1.165) is 25.7 Å². The first-order valence-electron chi connectivity index (χ1n) is 6.28. The summed E-state index contributed by atoms with van der Waals surface area (Å²) in [6.07, 6.45) is 3.13. The van der Waals surface area contributed by atoms with Gasteiger partial charge in [0, 0.05) is 7.05 Å². The first-order chi connectivity index (χ1) is 8.50. The number of aliphatic hydroxyl groups is 1. The lowest BCUT2D eigenvalue weighted by molar-refractivity contribution is 0.0711. The van der Waals surface area contributed by atoms with Gasteiger partial charge in [0.05, 0.1) is 23.5 Å². The average Bonchev–Trinajstić information content (AvgIpc) is 2.56. The van der Waals surface area contributed by atoms with Crippen LogP contribution in [0.2, 0.25) is 0 Å². The predicted octanol–water partition coefficient (Wildman–Crippen LogP) is 0.344. The average molecular weight is 252 g/mol. The van der Waals surface area contributed by atoms with E-state index < -0.39 is 6.10 Å². The number of aryl methyl sites for hydroxylation is 2. The molecule has 100 valence electrons. The van der Waals surface area contributed by atoms with Crippen LogP contribution in [0.15, 0.2) is 0 Å². The smallest absolute Gasteiger partial charge is 0.272 e. The number of anilines is 1. The zero-order chi connectivity index (χ0) is 13.3. The monoisotopic (exact) mass is 252 g/mol. The van der Waals surface area contributed by atoms with E-state index in [1.54, 1.807) is 14.0 Å². The molecule has 0 spiro atoms. The summed E-state index contributed by atoms with van der Waals surface area (Å²) in [6, 6.07) is -0.180. The molecule has 1 fully saturated rings. The summed E-state index contributed by atoms with van der Waals surface area (Å²) in [4.78, 5) is 12.2. The number of nitrogens with one attached hydrogen (secondary N) is 1. The third-order valence-corrected chi connectivity index (χ3v) is 3.53. The highest BCUT2D eigenvalue weighted by molar-refractivity contribution is 5.98. The van der Waals surface area contributed by atoms with Crippen molar-refractivity contribution in [1.29, 1.82) is 0 Å². The second-order valence-electron chi connectivity index (χ2n) is 4.90. The highest BCUT2D eigenvalue weighted by Gasteiger charge is 2.27. The van der Waals surface area contributed by atoms with Crippen molar-refractivity contribution in [1.82, 2.24) is 15.1 Å². The summed E-state index contributed by atoms with van der Waals surface area (Å²) >= 11 is 0. The van der Waals surface area contributed by atoms with Gasteiger partial charge >= 0.3 is 0 Å². The summed E-state index contributed by atoms with van der Waals surface area (Å²) in [5, 5.41) is 16.8. The fourth-order valence-corrected chi connectivity index (χ4v) is 2.46. The van der Waals surface area contributed by atoms with E-state index in [4.69, 9.17) is 5.73 Å². The third-order valence-electron chi connectivity index (χ3n) is 3.53. The Bertz CT molecular complexity index is 455. The lowest BCUT2D eigenvalue weighted by Gasteiger charge is -2.28. The first kappa shape index (κ1) is 12.9. The van der Waals surface area contributed by atoms with E-state index in [-0.39, 0.29) is 11.9 Å². The second-order valence-corrected chi connectivity index (χ2v) is 4.90. The molecule has 0 unspecified atom stereocenters. The van der Waals surface area contributed by atoms with Crippen molar-refractivity contribution in [3.05, 3.63) is 11.4 Å². The Labute approximate surface area is 106 Å². The first-order valence-corrected chi connectivity index (χ1v) is 6.28. The Balaban J connectivity index is 2.12. The number of carbonyl (C=O) groups excluding carboxylic acids is 1. The highest BCUT2D eigenvalue weighted by atomic mass is 16.3. The zero-order valence-electron chi connectivity index (χ0n) is 10.8. The number of aliphatic hydroxyl groups excluding tert-OH is 1. The molecule has 1 aliphatic rings. The normalized spacial score (nSPS) is 23.9. The van der Waals surface area contributed by atoms with Gasteiger partial charge < -0.3 is 16.2 Å². The van der Waals surface area contributed by atoms with Crippen LogP contribution in [0.4, 0.5) is 5.69 Å². The van der Waals surface area contributed by atoms with E-state index in [2.05, 4.69) is 10.4 Å². The molecule has 4 N–H and O–H groups in total. The van der Waals surface area contributed by atoms with Crippen molar-refractivity contribution >= 4 is 11.6 Å². The highest BCUT2D eigenvalue weighted by Crippen LogP contribution is 2.20. The van der Waals surface area contributed by atoms with Gasteiger partial charge in [-0.05, 0) is 19.8 Å². The van der Waals surface area contributed by atoms with Crippen molar-refractivity contribution in [2.24, 2.45) is 7.05 Å². The summed E-state index contributed by atoms with van der Waals surface area (Å²) in [5.41, 5.74) is 7.25. The van der Waals surface area contributed by atoms with Crippen LogP contribution in [0, 0.1) is 6.92 Å². The van der Waals surface area contributed by atoms with Gasteiger partial charge in [0.2, 0.25) is 0 Å². The molecule has 6 heteroatoms. The fraction of sp³-hybridized carbons (Fsp3) is 0.667. The maximum Gasteiger partial charge on any atom is 0.272 e. The van der Waals surface area contributed by atoms with Crippen molar-refractivity contribution < 1.29 is 9.90 Å². The number of nitrogens with zero attached hydrogens (tertiary/aromatic N) is 2. The molecule has 6 nitrogen and oxygen atoms in total.